The van der Waals surface area contributed by atoms with E-state index >= 15 is 0 Å². The number of nitrogens with two attached hydrogens (primary N) is 1. The zero-order chi connectivity index (χ0) is 95.1. The van der Waals surface area contributed by atoms with E-state index in [1.165, 1.54) is 77.8 Å². The summed E-state index contributed by atoms with van der Waals surface area (Å²) in [6.07, 6.45) is -16.9. The molecule has 15 rings (SSSR count). The number of ether oxygens (including phenoxy) is 4. The molecule has 0 unspecified atom stereocenters. The third-order valence-electron chi connectivity index (χ3n) is 16.3. The molecule has 20 nitrogen and oxygen atoms in total. The molecule has 0 aliphatic heterocycles. The molecule has 0 radical (unpaired) electrons. The summed E-state index contributed by atoms with van der Waals surface area (Å²) in [5.74, 6) is 1.34. The number of pyridine rings is 5. The fourth-order valence-electron chi connectivity index (χ4n) is 10.4. The Morgan fingerprint density at radius 3 is 1.10 bits per heavy atom. The number of carboxylic acids is 2. The lowest BCUT2D eigenvalue weighted by Gasteiger charge is -2.10. The Morgan fingerprint density at radius 1 is 0.442 bits per heavy atom. The van der Waals surface area contributed by atoms with Crippen LogP contribution in [0.15, 0.2) is 292 Å². The Hall–Kier alpha value is -14.2. The van der Waals surface area contributed by atoms with Gasteiger partial charge in [0.2, 0.25) is 6.20 Å². The van der Waals surface area contributed by atoms with Crippen LogP contribution in [0.25, 0.3) is 54.5 Å². The van der Waals surface area contributed by atoms with Crippen LogP contribution in [0.4, 0.5) is 70.7 Å². The van der Waals surface area contributed by atoms with Crippen LogP contribution in [-0.2, 0) is 35.7 Å². The second kappa shape index (κ2) is 46.9. The molecule has 6 N–H and O–H groups in total. The van der Waals surface area contributed by atoms with Gasteiger partial charge in [0.25, 0.3) is 5.52 Å². The van der Waals surface area contributed by atoms with E-state index in [0.29, 0.717) is 67.5 Å². The first kappa shape index (κ1) is 102. The van der Waals surface area contributed by atoms with Crippen molar-refractivity contribution in [1.82, 2.24) is 29.7 Å². The number of carbonyl (C=O) groups is 3. The van der Waals surface area contributed by atoms with E-state index in [1.807, 2.05) is 72.8 Å². The summed E-state index contributed by atoms with van der Waals surface area (Å²) in [7, 11) is 6.62. The number of likely N-dealkylation sites (N-methyl/N-ethyl adjacent to an activating group) is 1. The molecule has 0 fully saturated rings. The van der Waals surface area contributed by atoms with Crippen LogP contribution < -0.4 is 29.4 Å². The molecule has 129 heavy (non-hydrogen) atoms. The minimum Gasteiger partial charge on any atom is -0.507 e. The van der Waals surface area contributed by atoms with Crippen molar-refractivity contribution < 1.29 is 124 Å². The first-order valence-corrected chi connectivity index (χ1v) is 38.8. The zero-order valence-electron chi connectivity index (χ0n) is 68.2. The van der Waals surface area contributed by atoms with Gasteiger partial charge < -0.3 is 44.9 Å². The number of rotatable bonds is 11. The molecule has 15 aromatic rings. The quantitative estimate of drug-likeness (QED) is 0.0201. The van der Waals surface area contributed by atoms with E-state index in [2.05, 4.69) is 19.9 Å². The normalized spacial score (nSPS) is 11.0. The van der Waals surface area contributed by atoms with Crippen molar-refractivity contribution in [3.8, 4) is 57.8 Å². The van der Waals surface area contributed by atoms with E-state index in [9.17, 15) is 90.6 Å². The molecule has 0 aliphatic rings. The average Bonchev–Trinajstić information content (AvgIpc) is 0.797. The maximum Gasteiger partial charge on any atom is 0.416 e. The molecule has 10 aromatic carbocycles. The van der Waals surface area contributed by atoms with Gasteiger partial charge in [-0.3, -0.25) is 29.7 Å². The molecule has 0 aliphatic carbocycles. The number of nitrogens with zero attached hydrogens (tertiary/aromatic N) is 8. The van der Waals surface area contributed by atoms with Crippen molar-refractivity contribution >= 4 is 106 Å². The fraction of sp³-hybridized carbons (Fsp3) is 0.141. The van der Waals surface area contributed by atoms with Gasteiger partial charge in [0.15, 0.2) is 0 Å². The number of aromatic hydroxyl groups is 1. The molecule has 37 heteroatoms. The van der Waals surface area contributed by atoms with Crippen molar-refractivity contribution in [3.63, 3.8) is 0 Å². The number of hydrogen-bond donors (Lipinski definition) is 5. The number of aromatic carboxylic acids is 1. The van der Waals surface area contributed by atoms with Crippen molar-refractivity contribution in [1.29, 1.82) is 5.26 Å². The van der Waals surface area contributed by atoms with Gasteiger partial charge in [-0.2, -0.15) is 71.1 Å². The highest BCUT2D eigenvalue weighted by molar-refractivity contribution is 14.1. The highest BCUT2D eigenvalue weighted by atomic mass is 127. The van der Waals surface area contributed by atoms with E-state index < -0.39 is 76.0 Å². The van der Waals surface area contributed by atoms with Crippen LogP contribution in [-0.4, -0.2) is 108 Å². The fourth-order valence-corrected chi connectivity index (χ4v) is 10.8. The highest BCUT2D eigenvalue weighted by Gasteiger charge is 2.34. The van der Waals surface area contributed by atoms with Gasteiger partial charge in [0.05, 0.1) is 61.8 Å². The van der Waals surface area contributed by atoms with Crippen molar-refractivity contribution in [2.75, 3.05) is 34.7 Å². The third-order valence-corrected chi connectivity index (χ3v) is 17.4. The summed E-state index contributed by atoms with van der Waals surface area (Å²) in [6.45, 7) is 4.00. The number of phenolic OH excluding ortho intramolecular Hbond substituents is 1. The third kappa shape index (κ3) is 33.0. The molecule has 0 saturated carbocycles. The van der Waals surface area contributed by atoms with Gasteiger partial charge in [-0.05, 0) is 285 Å². The largest absolute Gasteiger partial charge is 0.507 e. The number of fused-ring (bicyclic) bond motifs is 5. The van der Waals surface area contributed by atoms with Crippen molar-refractivity contribution in [3.05, 3.63) is 334 Å². The lowest BCUT2D eigenvalue weighted by atomic mass is 10.1. The molecule has 0 spiro atoms. The molecular formula is C92H75ClF15IN9O11+. The molecule has 0 saturated heterocycles. The number of hydrogen-bond acceptors (Lipinski definition) is 16. The number of amides is 1. The summed E-state index contributed by atoms with van der Waals surface area (Å²) >= 11 is 6.86. The Morgan fingerprint density at radius 2 is 0.760 bits per heavy atom. The number of alkyl halides is 15. The Bertz CT molecular complexity index is 6250. The number of carbonyl (C=O) groups excluding carboxylic acids is 1. The summed E-state index contributed by atoms with van der Waals surface area (Å²) in [6, 6.07) is 67.7. The minimum atomic E-state index is -4.41. The van der Waals surface area contributed by atoms with Gasteiger partial charge in [-0.1, -0.05) is 44.2 Å². The lowest BCUT2D eigenvalue weighted by molar-refractivity contribution is -0.884. The standard InChI is InChI=1S/C17H9F3N2O.C17H10F3NO3.C16H11F3NO2.C16H10F3NO.C9H7NO.C7H4F3I.C4H9NO2.C3H6ClNO.C3H9N/c18-17(19,20)11-4-7-13(8-5-11)23-16-3-1-2-15-14(16)9-6-12(10-21)22-15;18-17(19,20)10-4-6-11(7-5-10)24-15-3-1-2-13-12(15)8-9-14(21-13)16(22)23;17-16(18,19)11-6-8-12(9-7-11)22-15-5-1-4-14-13(15)3-2-10-20(14)21;17-16(18,19)11-6-8-12(9-7-11)21-15-5-1-4-14-13(15)3-2-10-20-14;11-9-5-1-4-8-7(9)3-2-6-10-8;8-7(9,10)5-1-3-6(11)4-2-5;1-5(2)3-4(6)7;1-5(2)3(4)6;1-3(2)4/h1-9H;1-9H,(H,22,23);1-10,21H;1-10H;1-6,11H;1-4H;3H2,1-2H3,(H,6,7);1-2H3;3H,4H2,1-2H3/q;;+1;;;;;;. The smallest absolute Gasteiger partial charge is 0.416 e. The molecule has 672 valence electrons. The first-order valence-electron chi connectivity index (χ1n) is 37.3. The highest BCUT2D eigenvalue weighted by Crippen LogP contribution is 2.39. The summed E-state index contributed by atoms with van der Waals surface area (Å²) < 4.78 is 210. The number of phenols is 1. The zero-order valence-corrected chi connectivity index (χ0v) is 71.1. The minimum absolute atomic E-state index is 0.103. The van der Waals surface area contributed by atoms with Crippen LogP contribution in [0.5, 0.6) is 51.7 Å². The van der Waals surface area contributed by atoms with E-state index in [-0.39, 0.29) is 40.9 Å². The molecule has 0 atom stereocenters. The summed E-state index contributed by atoms with van der Waals surface area (Å²) in [5.41, 5.74) is 4.88. The van der Waals surface area contributed by atoms with Crippen molar-refractivity contribution in [2.45, 2.75) is 50.8 Å². The van der Waals surface area contributed by atoms with Crippen molar-refractivity contribution in [2.24, 2.45) is 5.73 Å². The Labute approximate surface area is 744 Å². The van der Waals surface area contributed by atoms with Crippen LogP contribution in [0.1, 0.15) is 57.8 Å². The topological polar surface area (TPSA) is 281 Å². The van der Waals surface area contributed by atoms with E-state index in [4.69, 9.17) is 51.8 Å². The van der Waals surface area contributed by atoms with E-state index in [0.717, 1.165) is 90.8 Å². The monoisotopic (exact) mass is 1930 g/mol. The molecule has 0 bridgehead atoms. The number of halogens is 17. The number of carboxylic acid groups (broad SMARTS) is 2. The van der Waals surface area contributed by atoms with Gasteiger partial charge in [-0.25, -0.2) is 14.8 Å². The van der Waals surface area contributed by atoms with Gasteiger partial charge in [-0.15, -0.1) is 0 Å². The van der Waals surface area contributed by atoms with Gasteiger partial charge >= 0.3 is 48.2 Å². The van der Waals surface area contributed by atoms with Gasteiger partial charge in [0.1, 0.15) is 69.2 Å². The second-order valence-corrected chi connectivity index (χ2v) is 28.8. The summed E-state index contributed by atoms with van der Waals surface area (Å²) in [5, 5.41) is 48.0. The SMILES string of the molecule is CC(C)N.CN(C)C(=O)Cl.CN(C)CC(=O)O.FC(F)(F)c1ccc(I)cc1.FC(F)(F)c1ccc(Oc2cccc3ncccc23)cc1.N#Cc1ccc2c(Oc3ccc(C(F)(F)F)cc3)cccc2n1.O=C(O)c1ccc2c(Oc3ccc(C(F)(F)F)cc3)cccc2n1.O[n+]1cccc2c(Oc3ccc(C(F)(F)F)cc3)cccc21.Oc1cccc2ncccc12. The predicted octanol–water partition coefficient (Wildman–Crippen LogP) is 25.0. The molecular weight excluding hydrogens is 1850 g/mol. The van der Waals surface area contributed by atoms with Crippen LogP contribution in [0.3, 0.4) is 0 Å². The summed E-state index contributed by atoms with van der Waals surface area (Å²) in [4.78, 5) is 49.9. The second-order valence-electron chi connectivity index (χ2n) is 27.2. The molecule has 5 aromatic heterocycles. The van der Waals surface area contributed by atoms with Crippen LogP contribution >= 0.6 is 34.2 Å². The lowest BCUT2D eigenvalue weighted by Crippen LogP contribution is -2.29. The van der Waals surface area contributed by atoms with Gasteiger partial charge in [0, 0.05) is 68.5 Å². The van der Waals surface area contributed by atoms with Crippen LogP contribution in [0, 0.1) is 14.9 Å². The van der Waals surface area contributed by atoms with E-state index in [1.54, 1.807) is 161 Å². The maximum absolute atomic E-state index is 12.6. The number of benzene rings is 10. The predicted molar refractivity (Wildman–Crippen MR) is 462 cm³/mol. The van der Waals surface area contributed by atoms with Crippen LogP contribution in [0.2, 0.25) is 0 Å². The number of nitriles is 1. The Balaban J connectivity index is 0.000000207. The number of aliphatic carboxylic acids is 1. The average molecular weight is 1930 g/mol. The number of aromatic nitrogens is 5. The maximum atomic E-state index is 12.6. The molecule has 1 amide bonds. The first-order chi connectivity index (χ1) is 60.7. The Kier molecular flexibility index (Phi) is 37.0. The molecule has 5 heterocycles.